The van der Waals surface area contributed by atoms with Gasteiger partial charge in [-0.3, -0.25) is 0 Å². The standard InChI is InChI=1S/C12H12F3N3O2/c13-12(14,15)7-19-5-4-10-17-11(20-18-10)8-2-1-3-9(16)6-8/h1-3,6H,4-5,7,16H2. The first-order chi connectivity index (χ1) is 9.44. The highest BCUT2D eigenvalue weighted by Gasteiger charge is 2.27. The lowest BCUT2D eigenvalue weighted by Gasteiger charge is -2.05. The van der Waals surface area contributed by atoms with Crippen LogP contribution in [0.5, 0.6) is 0 Å². The number of hydrogen-bond acceptors (Lipinski definition) is 5. The summed E-state index contributed by atoms with van der Waals surface area (Å²) in [7, 11) is 0. The van der Waals surface area contributed by atoms with Gasteiger partial charge in [-0.05, 0) is 18.2 Å². The maximum atomic E-state index is 11.9. The molecular weight excluding hydrogens is 275 g/mol. The zero-order valence-electron chi connectivity index (χ0n) is 10.4. The van der Waals surface area contributed by atoms with Crippen molar-refractivity contribution in [1.82, 2.24) is 10.1 Å². The number of halogens is 3. The topological polar surface area (TPSA) is 74.2 Å². The van der Waals surface area contributed by atoms with Gasteiger partial charge in [0.25, 0.3) is 5.89 Å². The molecule has 0 atom stereocenters. The van der Waals surface area contributed by atoms with E-state index in [0.29, 0.717) is 11.3 Å². The molecule has 0 bridgehead atoms. The normalized spacial score (nSPS) is 11.8. The molecule has 108 valence electrons. The summed E-state index contributed by atoms with van der Waals surface area (Å²) in [6.07, 6.45) is -4.19. The summed E-state index contributed by atoms with van der Waals surface area (Å²) in [5.41, 5.74) is 6.83. The highest BCUT2D eigenvalue weighted by molar-refractivity contribution is 5.59. The predicted molar refractivity (Wildman–Crippen MR) is 64.7 cm³/mol. The second kappa shape index (κ2) is 5.91. The Labute approximate surface area is 112 Å². The van der Waals surface area contributed by atoms with Gasteiger partial charge in [0.1, 0.15) is 6.61 Å². The molecule has 0 aliphatic carbocycles. The fourth-order valence-electron chi connectivity index (χ4n) is 1.50. The smallest absolute Gasteiger partial charge is 0.399 e. The van der Waals surface area contributed by atoms with E-state index in [1.54, 1.807) is 24.3 Å². The van der Waals surface area contributed by atoms with E-state index >= 15 is 0 Å². The van der Waals surface area contributed by atoms with E-state index in [1.165, 1.54) is 0 Å². The van der Waals surface area contributed by atoms with E-state index < -0.39 is 12.8 Å². The third-order valence-corrected chi connectivity index (χ3v) is 2.34. The lowest BCUT2D eigenvalue weighted by Crippen LogP contribution is -2.18. The molecule has 0 aliphatic rings. The third-order valence-electron chi connectivity index (χ3n) is 2.34. The van der Waals surface area contributed by atoms with E-state index in [9.17, 15) is 13.2 Å². The molecule has 1 aromatic heterocycles. The van der Waals surface area contributed by atoms with Gasteiger partial charge in [-0.1, -0.05) is 11.2 Å². The van der Waals surface area contributed by atoms with Crippen LogP contribution in [0.1, 0.15) is 5.82 Å². The van der Waals surface area contributed by atoms with Crippen LogP contribution in [0.2, 0.25) is 0 Å². The largest absolute Gasteiger partial charge is 0.411 e. The van der Waals surface area contributed by atoms with E-state index in [2.05, 4.69) is 14.9 Å². The lowest BCUT2D eigenvalue weighted by molar-refractivity contribution is -0.173. The summed E-state index contributed by atoms with van der Waals surface area (Å²) in [5.74, 6) is 0.549. The first kappa shape index (κ1) is 14.3. The molecule has 8 heteroatoms. The van der Waals surface area contributed by atoms with Crippen molar-refractivity contribution in [1.29, 1.82) is 0 Å². The van der Waals surface area contributed by atoms with Crippen molar-refractivity contribution in [3.05, 3.63) is 30.1 Å². The molecule has 0 unspecified atom stereocenters. The minimum absolute atomic E-state index is 0.130. The number of aromatic nitrogens is 2. The van der Waals surface area contributed by atoms with Crippen LogP contribution < -0.4 is 5.73 Å². The molecule has 0 spiro atoms. The molecule has 2 aromatic rings. The van der Waals surface area contributed by atoms with Gasteiger partial charge in [0.15, 0.2) is 5.82 Å². The van der Waals surface area contributed by atoms with Gasteiger partial charge in [-0.2, -0.15) is 18.2 Å². The minimum Gasteiger partial charge on any atom is -0.399 e. The van der Waals surface area contributed by atoms with Crippen molar-refractivity contribution in [3.63, 3.8) is 0 Å². The number of ether oxygens (including phenoxy) is 1. The highest BCUT2D eigenvalue weighted by Crippen LogP contribution is 2.19. The molecular formula is C12H12F3N3O2. The van der Waals surface area contributed by atoms with Crippen LogP contribution >= 0.6 is 0 Å². The molecule has 0 aliphatic heterocycles. The molecule has 5 nitrogen and oxygen atoms in total. The summed E-state index contributed by atoms with van der Waals surface area (Å²) in [6, 6.07) is 6.86. The number of nitrogen functional groups attached to an aromatic ring is 1. The van der Waals surface area contributed by atoms with Crippen molar-refractivity contribution in [2.45, 2.75) is 12.6 Å². The number of nitrogens with zero attached hydrogens (tertiary/aromatic N) is 2. The molecule has 2 rings (SSSR count). The Bertz CT molecular complexity index is 569. The fraction of sp³-hybridized carbons (Fsp3) is 0.333. The van der Waals surface area contributed by atoms with Gasteiger partial charge < -0.3 is 15.0 Å². The zero-order chi connectivity index (χ0) is 14.6. The second-order valence-corrected chi connectivity index (χ2v) is 4.06. The predicted octanol–water partition coefficient (Wildman–Crippen LogP) is 2.44. The minimum atomic E-state index is -4.33. The maximum absolute atomic E-state index is 11.9. The van der Waals surface area contributed by atoms with Crippen LogP contribution in [0.4, 0.5) is 18.9 Å². The first-order valence-corrected chi connectivity index (χ1v) is 5.77. The summed E-state index contributed by atoms with van der Waals surface area (Å²) >= 11 is 0. The van der Waals surface area contributed by atoms with Crippen LogP contribution in [0, 0.1) is 0 Å². The monoisotopic (exact) mass is 287 g/mol. The molecule has 0 saturated carbocycles. The highest BCUT2D eigenvalue weighted by atomic mass is 19.4. The van der Waals surface area contributed by atoms with Crippen molar-refractivity contribution in [2.75, 3.05) is 18.9 Å². The van der Waals surface area contributed by atoms with Gasteiger partial charge >= 0.3 is 6.18 Å². The van der Waals surface area contributed by atoms with Gasteiger partial charge in [0, 0.05) is 17.7 Å². The molecule has 1 heterocycles. The maximum Gasteiger partial charge on any atom is 0.411 e. The van der Waals surface area contributed by atoms with Gasteiger partial charge in [0.05, 0.1) is 6.61 Å². The van der Waals surface area contributed by atoms with Gasteiger partial charge in [-0.15, -0.1) is 0 Å². The molecule has 1 aromatic carbocycles. The Hall–Kier alpha value is -2.09. The SMILES string of the molecule is Nc1cccc(-c2nc(CCOCC(F)(F)F)no2)c1. The number of rotatable bonds is 5. The Morgan fingerprint density at radius 3 is 2.80 bits per heavy atom. The third kappa shape index (κ3) is 4.23. The average molecular weight is 287 g/mol. The molecule has 0 radical (unpaired) electrons. The van der Waals surface area contributed by atoms with Crippen molar-refractivity contribution >= 4 is 5.69 Å². The van der Waals surface area contributed by atoms with E-state index in [-0.39, 0.29) is 24.7 Å². The van der Waals surface area contributed by atoms with E-state index in [0.717, 1.165) is 0 Å². The summed E-state index contributed by atoms with van der Waals surface area (Å²) < 4.78 is 45.1. The number of benzene rings is 1. The summed E-state index contributed by atoms with van der Waals surface area (Å²) in [4.78, 5) is 4.06. The van der Waals surface area contributed by atoms with Crippen LogP contribution in [-0.4, -0.2) is 29.5 Å². The average Bonchev–Trinajstić information content (AvgIpc) is 2.82. The van der Waals surface area contributed by atoms with Crippen molar-refractivity contribution in [3.8, 4) is 11.5 Å². The van der Waals surface area contributed by atoms with Gasteiger partial charge in [0.2, 0.25) is 0 Å². The Kier molecular flexibility index (Phi) is 4.23. The number of nitrogens with two attached hydrogens (primary N) is 1. The number of anilines is 1. The van der Waals surface area contributed by atoms with Crippen LogP contribution in [-0.2, 0) is 11.2 Å². The quantitative estimate of drug-likeness (QED) is 0.675. The van der Waals surface area contributed by atoms with Crippen LogP contribution in [0.3, 0.4) is 0 Å². The van der Waals surface area contributed by atoms with Crippen LogP contribution in [0.25, 0.3) is 11.5 Å². The first-order valence-electron chi connectivity index (χ1n) is 5.77. The van der Waals surface area contributed by atoms with E-state index in [4.69, 9.17) is 10.3 Å². The molecule has 2 N–H and O–H groups in total. The Morgan fingerprint density at radius 1 is 1.30 bits per heavy atom. The summed E-state index contributed by atoms with van der Waals surface area (Å²) in [6.45, 7) is -1.41. The Balaban J connectivity index is 1.90. The number of hydrogen-bond donors (Lipinski definition) is 1. The molecule has 20 heavy (non-hydrogen) atoms. The second-order valence-electron chi connectivity index (χ2n) is 4.06. The van der Waals surface area contributed by atoms with E-state index in [1.807, 2.05) is 0 Å². The summed E-state index contributed by atoms with van der Waals surface area (Å²) in [5, 5.41) is 3.67. The molecule has 0 saturated heterocycles. The van der Waals surface area contributed by atoms with Crippen molar-refractivity contribution < 1.29 is 22.4 Å². The number of alkyl halides is 3. The molecule has 0 fully saturated rings. The van der Waals surface area contributed by atoms with Crippen molar-refractivity contribution in [2.24, 2.45) is 0 Å². The Morgan fingerprint density at radius 2 is 2.10 bits per heavy atom. The lowest BCUT2D eigenvalue weighted by atomic mass is 10.2. The van der Waals surface area contributed by atoms with Gasteiger partial charge in [-0.25, -0.2) is 0 Å². The fourth-order valence-corrected chi connectivity index (χ4v) is 1.50. The zero-order valence-corrected chi connectivity index (χ0v) is 10.4. The molecule has 0 amide bonds. The van der Waals surface area contributed by atoms with Crippen LogP contribution in [0.15, 0.2) is 28.8 Å².